The lowest BCUT2D eigenvalue weighted by atomic mass is 9.47. The second-order valence-corrected chi connectivity index (χ2v) is 17.0. The van der Waals surface area contributed by atoms with Gasteiger partial charge in [0.2, 0.25) is 0 Å². The number of ether oxygens (including phenoxy) is 1. The third kappa shape index (κ3) is 10.3. The molecular weight excluding hydrogens is 576 g/mol. The van der Waals surface area contributed by atoms with Gasteiger partial charge < -0.3 is 9.84 Å². The van der Waals surface area contributed by atoms with Gasteiger partial charge in [-0.15, -0.1) is 0 Å². The van der Waals surface area contributed by atoms with Gasteiger partial charge in [0, 0.05) is 12.8 Å². The first-order chi connectivity index (χ1) is 22.7. The molecule has 268 valence electrons. The van der Waals surface area contributed by atoms with Crippen LogP contribution in [0.25, 0.3) is 0 Å². The van der Waals surface area contributed by atoms with Gasteiger partial charge in [0.05, 0.1) is 6.10 Å². The van der Waals surface area contributed by atoms with Crippen LogP contribution in [0.3, 0.4) is 0 Å². The SMILES string of the molecule is CCCCCC(O)/C=C/C=C/CCCCCCCC(=O)OC1CCC2(C)C(=CCC3C2CCC2(C)C(C(C)CCCCC)CCC32)C1. The zero-order chi connectivity index (χ0) is 33.7. The summed E-state index contributed by atoms with van der Waals surface area (Å²) in [6.45, 7) is 12.4. The van der Waals surface area contributed by atoms with Gasteiger partial charge in [-0.2, -0.15) is 0 Å². The highest BCUT2D eigenvalue weighted by Gasteiger charge is 2.59. The molecule has 3 saturated carbocycles. The van der Waals surface area contributed by atoms with Gasteiger partial charge in [-0.3, -0.25) is 4.79 Å². The van der Waals surface area contributed by atoms with E-state index in [2.05, 4.69) is 52.8 Å². The molecule has 3 heteroatoms. The highest BCUT2D eigenvalue weighted by Crippen LogP contribution is 2.67. The van der Waals surface area contributed by atoms with E-state index in [1.807, 2.05) is 12.2 Å². The van der Waals surface area contributed by atoms with Crippen molar-refractivity contribution in [3.05, 3.63) is 36.0 Å². The molecule has 0 saturated heterocycles. The first-order valence-corrected chi connectivity index (χ1v) is 20.6. The van der Waals surface area contributed by atoms with Gasteiger partial charge >= 0.3 is 5.97 Å². The Labute approximate surface area is 290 Å². The van der Waals surface area contributed by atoms with E-state index in [0.29, 0.717) is 17.3 Å². The fourth-order valence-corrected chi connectivity index (χ4v) is 11.0. The molecule has 0 radical (unpaired) electrons. The largest absolute Gasteiger partial charge is 0.462 e. The zero-order valence-corrected chi connectivity index (χ0v) is 31.5. The van der Waals surface area contributed by atoms with Crippen LogP contribution in [0.15, 0.2) is 36.0 Å². The molecule has 0 bridgehead atoms. The average molecular weight is 651 g/mol. The molecule has 9 atom stereocenters. The summed E-state index contributed by atoms with van der Waals surface area (Å²) in [4.78, 5) is 12.8. The van der Waals surface area contributed by atoms with Crippen molar-refractivity contribution in [2.45, 2.75) is 195 Å². The van der Waals surface area contributed by atoms with Crippen molar-refractivity contribution in [1.29, 1.82) is 0 Å². The lowest BCUT2D eigenvalue weighted by Crippen LogP contribution is -2.51. The van der Waals surface area contributed by atoms with Gasteiger partial charge in [-0.1, -0.05) is 135 Å². The molecule has 0 heterocycles. The number of unbranched alkanes of at least 4 members (excludes halogenated alkanes) is 9. The lowest BCUT2D eigenvalue weighted by Gasteiger charge is -2.58. The van der Waals surface area contributed by atoms with Crippen LogP contribution in [0.4, 0.5) is 0 Å². The van der Waals surface area contributed by atoms with Crippen molar-refractivity contribution in [2.24, 2.45) is 40.4 Å². The Morgan fingerprint density at radius 1 is 0.894 bits per heavy atom. The number of allylic oxidation sites excluding steroid dienone is 4. The smallest absolute Gasteiger partial charge is 0.306 e. The minimum absolute atomic E-state index is 0.0259. The van der Waals surface area contributed by atoms with Crippen molar-refractivity contribution in [2.75, 3.05) is 0 Å². The summed E-state index contributed by atoms with van der Waals surface area (Å²) in [6.07, 6.45) is 38.0. The van der Waals surface area contributed by atoms with Crippen LogP contribution in [0, 0.1) is 40.4 Å². The maximum absolute atomic E-state index is 12.8. The molecule has 0 aromatic rings. The number of carbonyl (C=O) groups excluding carboxylic acids is 1. The number of aliphatic hydroxyl groups is 1. The van der Waals surface area contributed by atoms with Crippen LogP contribution in [0.2, 0.25) is 0 Å². The molecule has 0 aromatic heterocycles. The molecule has 1 N–H and O–H groups in total. The molecule has 9 unspecified atom stereocenters. The van der Waals surface area contributed by atoms with Crippen LogP contribution in [-0.2, 0) is 9.53 Å². The molecule has 0 amide bonds. The van der Waals surface area contributed by atoms with Crippen LogP contribution < -0.4 is 0 Å². The van der Waals surface area contributed by atoms with Gasteiger partial charge in [-0.25, -0.2) is 0 Å². The summed E-state index contributed by atoms with van der Waals surface area (Å²) in [7, 11) is 0. The van der Waals surface area contributed by atoms with Crippen molar-refractivity contribution in [3.63, 3.8) is 0 Å². The van der Waals surface area contributed by atoms with Gasteiger partial charge in [-0.05, 0) is 111 Å². The Morgan fingerprint density at radius 3 is 2.43 bits per heavy atom. The molecule has 0 aromatic carbocycles. The number of hydrogen-bond acceptors (Lipinski definition) is 3. The number of aliphatic hydroxyl groups excluding tert-OH is 1. The highest BCUT2D eigenvalue weighted by atomic mass is 16.5. The summed E-state index contributed by atoms with van der Waals surface area (Å²) in [5.74, 6) is 4.43. The van der Waals surface area contributed by atoms with Crippen LogP contribution >= 0.6 is 0 Å². The zero-order valence-electron chi connectivity index (χ0n) is 31.5. The first kappa shape index (κ1) is 38.5. The Balaban J connectivity index is 1.12. The molecule has 47 heavy (non-hydrogen) atoms. The summed E-state index contributed by atoms with van der Waals surface area (Å²) >= 11 is 0. The standard InChI is InChI=1S/C44H74O3/c1-6-8-17-21-34(3)39-27-28-40-38-26-25-35-33-37(29-31-43(35,4)41(38)30-32-44(39,40)5)47-42(46)24-20-16-14-12-10-11-13-15-19-23-36(45)22-18-9-7-2/h13,15,19,23,25,34,36-41,45H,6-12,14,16-18,20-22,24,26-33H2,1-5H3/b15-13+,23-19+. The highest BCUT2D eigenvalue weighted by molar-refractivity contribution is 5.69. The fourth-order valence-electron chi connectivity index (χ4n) is 11.0. The molecule has 4 aliphatic rings. The van der Waals surface area contributed by atoms with Crippen LogP contribution in [0.1, 0.15) is 182 Å². The van der Waals surface area contributed by atoms with Gasteiger partial charge in [0.1, 0.15) is 6.10 Å². The van der Waals surface area contributed by atoms with Crippen molar-refractivity contribution >= 4 is 5.97 Å². The van der Waals surface area contributed by atoms with Gasteiger partial charge in [0.25, 0.3) is 0 Å². The predicted octanol–water partition coefficient (Wildman–Crippen LogP) is 12.5. The van der Waals surface area contributed by atoms with Crippen molar-refractivity contribution < 1.29 is 14.6 Å². The van der Waals surface area contributed by atoms with Gasteiger partial charge in [0.15, 0.2) is 0 Å². The molecule has 4 rings (SSSR count). The van der Waals surface area contributed by atoms with E-state index in [1.54, 1.807) is 5.57 Å². The topological polar surface area (TPSA) is 46.5 Å². The van der Waals surface area contributed by atoms with E-state index in [1.165, 1.54) is 96.3 Å². The second kappa shape index (κ2) is 19.2. The Hall–Kier alpha value is -1.35. The van der Waals surface area contributed by atoms with Crippen LogP contribution in [0.5, 0.6) is 0 Å². The average Bonchev–Trinajstić information content (AvgIpc) is 3.41. The summed E-state index contributed by atoms with van der Waals surface area (Å²) in [6, 6.07) is 0. The predicted molar refractivity (Wildman–Crippen MR) is 199 cm³/mol. The molecule has 4 aliphatic carbocycles. The minimum Gasteiger partial charge on any atom is -0.462 e. The Bertz CT molecular complexity index is 1030. The van der Waals surface area contributed by atoms with E-state index < -0.39 is 0 Å². The van der Waals surface area contributed by atoms with E-state index in [4.69, 9.17) is 4.74 Å². The van der Waals surface area contributed by atoms with Crippen molar-refractivity contribution in [3.8, 4) is 0 Å². The molecule has 0 aliphatic heterocycles. The molecular formula is C44H74O3. The van der Waals surface area contributed by atoms with E-state index in [-0.39, 0.29) is 18.2 Å². The minimum atomic E-state index is -0.310. The van der Waals surface area contributed by atoms with Crippen molar-refractivity contribution in [1.82, 2.24) is 0 Å². The first-order valence-electron chi connectivity index (χ1n) is 20.6. The molecule has 3 fully saturated rings. The number of carbonyl (C=O) groups is 1. The van der Waals surface area contributed by atoms with E-state index in [0.717, 1.165) is 74.5 Å². The number of rotatable bonds is 20. The summed E-state index contributed by atoms with van der Waals surface area (Å²) < 4.78 is 6.10. The maximum Gasteiger partial charge on any atom is 0.306 e. The summed E-state index contributed by atoms with van der Waals surface area (Å²) in [5, 5.41) is 9.94. The summed E-state index contributed by atoms with van der Waals surface area (Å²) in [5.41, 5.74) is 2.49. The quantitative estimate of drug-likeness (QED) is 0.0617. The fraction of sp³-hybridized carbons (Fsp3) is 0.841. The third-order valence-electron chi connectivity index (χ3n) is 13.8. The second-order valence-electron chi connectivity index (χ2n) is 17.0. The molecule has 0 spiro atoms. The number of esters is 1. The monoisotopic (exact) mass is 651 g/mol. The van der Waals surface area contributed by atoms with Crippen LogP contribution in [-0.4, -0.2) is 23.3 Å². The molecule has 3 nitrogen and oxygen atoms in total. The maximum atomic E-state index is 12.8. The Morgan fingerprint density at radius 2 is 1.64 bits per heavy atom. The number of fused-ring (bicyclic) bond motifs is 5. The van der Waals surface area contributed by atoms with E-state index in [9.17, 15) is 9.90 Å². The van der Waals surface area contributed by atoms with E-state index >= 15 is 0 Å². The Kier molecular flexibility index (Phi) is 15.7. The lowest BCUT2D eigenvalue weighted by molar-refractivity contribution is -0.151. The third-order valence-corrected chi connectivity index (χ3v) is 13.8. The normalized spacial score (nSPS) is 33.3. The number of hydrogen-bond donors (Lipinski definition) is 1.